The molecule has 0 saturated carbocycles. The van der Waals surface area contributed by atoms with Crippen molar-refractivity contribution in [1.82, 2.24) is 15.0 Å². The van der Waals surface area contributed by atoms with E-state index in [1.807, 2.05) is 152 Å². The Morgan fingerprint density at radius 3 is 1.43 bits per heavy atom. The molecule has 5 heterocycles. The summed E-state index contributed by atoms with van der Waals surface area (Å²) in [6.07, 6.45) is -7.64. The minimum atomic E-state index is -1.09. The number of rotatable bonds is 18. The van der Waals surface area contributed by atoms with Crippen LogP contribution in [-0.4, -0.2) is 101 Å². The largest absolute Gasteiger partial charge is 0.390 e. The average Bonchev–Trinajstić information content (AvgIpc) is 3.86. The van der Waals surface area contributed by atoms with Crippen LogP contribution in [0.2, 0.25) is 0 Å². The Balaban J connectivity index is 1.00. The van der Waals surface area contributed by atoms with E-state index in [-0.39, 0.29) is 46.2 Å². The molecule has 1 N–H and O–H groups in total. The highest BCUT2D eigenvalue weighted by Crippen LogP contribution is 2.41. The smallest absolute Gasteiger partial charge is 0.187 e. The zero-order valence-corrected chi connectivity index (χ0v) is 36.9. The Labute approximate surface area is 389 Å². The van der Waals surface area contributed by atoms with E-state index in [0.717, 1.165) is 27.8 Å². The summed E-state index contributed by atoms with van der Waals surface area (Å²) >= 11 is 0. The predicted molar refractivity (Wildman–Crippen MR) is 239 cm³/mol. The van der Waals surface area contributed by atoms with Gasteiger partial charge in [-0.2, -0.15) is 0 Å². The molecule has 6 aromatic rings. The van der Waals surface area contributed by atoms with Crippen LogP contribution in [0, 0.1) is 0 Å². The number of aromatic nitrogens is 3. The molecule has 4 aliphatic rings. The highest BCUT2D eigenvalue weighted by atomic mass is 16.8. The Kier molecular flexibility index (Phi) is 15.1. The van der Waals surface area contributed by atoms with E-state index < -0.39 is 74.0 Å². The Morgan fingerprint density at radius 2 is 0.955 bits per heavy atom. The summed E-state index contributed by atoms with van der Waals surface area (Å²) in [5.74, 6) is 0. The molecular formula is C52H55N3O12. The fraction of sp³-hybridized carbons (Fsp3) is 0.385. The SMILES string of the molecule is OCc1cn(CCO[C@@H]2O[C@@H]3CO[C@@H](c4ccccc4)O[C@H]3[C@H](OCc3ccccc3)[C@@H]2O[C@@H]2O[C@@H]3CO[C@@H](c4ccccc4)O[C@H]3[C@H](OCc3ccccc3)[C@@H]2OCc2ccccc2)nn1. The molecule has 0 unspecified atom stereocenters. The van der Waals surface area contributed by atoms with Crippen LogP contribution >= 0.6 is 0 Å². The second-order valence-corrected chi connectivity index (χ2v) is 16.8. The molecule has 350 valence electrons. The number of aliphatic hydroxyl groups is 1. The van der Waals surface area contributed by atoms with Crippen LogP contribution in [0.25, 0.3) is 0 Å². The summed E-state index contributed by atoms with van der Waals surface area (Å²) in [4.78, 5) is 0. The summed E-state index contributed by atoms with van der Waals surface area (Å²) in [5.41, 5.74) is 5.07. The van der Waals surface area contributed by atoms with Gasteiger partial charge in [0.15, 0.2) is 25.2 Å². The summed E-state index contributed by atoms with van der Waals surface area (Å²) < 4.78 is 76.5. The Hall–Kier alpha value is -5.24. The van der Waals surface area contributed by atoms with Gasteiger partial charge in [0.1, 0.15) is 54.5 Å². The third-order valence-electron chi connectivity index (χ3n) is 12.2. The quantitative estimate of drug-likeness (QED) is 0.0985. The van der Waals surface area contributed by atoms with Crippen molar-refractivity contribution in [2.45, 2.75) is 107 Å². The average molecular weight is 914 g/mol. The minimum Gasteiger partial charge on any atom is -0.390 e. The molecule has 0 amide bonds. The van der Waals surface area contributed by atoms with Gasteiger partial charge in [0.25, 0.3) is 0 Å². The second-order valence-electron chi connectivity index (χ2n) is 16.8. The zero-order chi connectivity index (χ0) is 45.2. The zero-order valence-electron chi connectivity index (χ0n) is 36.9. The van der Waals surface area contributed by atoms with Crippen molar-refractivity contribution in [3.63, 3.8) is 0 Å². The first-order chi connectivity index (χ1) is 33.1. The van der Waals surface area contributed by atoms with Crippen molar-refractivity contribution in [3.05, 3.63) is 191 Å². The van der Waals surface area contributed by atoms with Crippen molar-refractivity contribution < 1.29 is 57.2 Å². The number of nitrogens with zero attached hydrogens (tertiary/aromatic N) is 3. The Morgan fingerprint density at radius 1 is 0.507 bits per heavy atom. The van der Waals surface area contributed by atoms with E-state index in [4.69, 9.17) is 52.1 Å². The number of ether oxygens (including phenoxy) is 11. The van der Waals surface area contributed by atoms with Gasteiger partial charge in [-0.1, -0.05) is 157 Å². The molecule has 0 radical (unpaired) electrons. The molecule has 15 nitrogen and oxygen atoms in total. The first-order valence-corrected chi connectivity index (χ1v) is 22.8. The van der Waals surface area contributed by atoms with Gasteiger partial charge in [-0.05, 0) is 16.7 Å². The van der Waals surface area contributed by atoms with Crippen LogP contribution in [0.1, 0.15) is 46.1 Å². The van der Waals surface area contributed by atoms with Crippen LogP contribution in [0.3, 0.4) is 0 Å². The van der Waals surface area contributed by atoms with Crippen molar-refractivity contribution in [2.24, 2.45) is 0 Å². The minimum absolute atomic E-state index is 0.144. The molecule has 67 heavy (non-hydrogen) atoms. The summed E-state index contributed by atoms with van der Waals surface area (Å²) in [6.45, 7) is 1.34. The van der Waals surface area contributed by atoms with E-state index in [1.165, 1.54) is 0 Å². The highest BCUT2D eigenvalue weighted by Gasteiger charge is 2.57. The maximum Gasteiger partial charge on any atom is 0.187 e. The summed E-state index contributed by atoms with van der Waals surface area (Å²) in [7, 11) is 0. The van der Waals surface area contributed by atoms with E-state index in [1.54, 1.807) is 10.9 Å². The molecule has 4 aliphatic heterocycles. The third kappa shape index (κ3) is 11.2. The topological polar surface area (TPSA) is 152 Å². The molecule has 4 fully saturated rings. The maximum absolute atomic E-state index is 9.64. The molecule has 0 aliphatic carbocycles. The predicted octanol–water partition coefficient (Wildman–Crippen LogP) is 6.61. The van der Waals surface area contributed by atoms with Gasteiger partial charge in [0, 0.05) is 11.1 Å². The van der Waals surface area contributed by atoms with Crippen LogP contribution in [0.4, 0.5) is 0 Å². The van der Waals surface area contributed by atoms with Gasteiger partial charge in [0.2, 0.25) is 0 Å². The summed E-state index contributed by atoms with van der Waals surface area (Å²) in [5, 5.41) is 17.8. The molecule has 15 heteroatoms. The third-order valence-corrected chi connectivity index (χ3v) is 12.2. The fourth-order valence-corrected chi connectivity index (χ4v) is 8.83. The van der Waals surface area contributed by atoms with Crippen molar-refractivity contribution >= 4 is 0 Å². The number of aliphatic hydroxyl groups excluding tert-OH is 1. The summed E-state index contributed by atoms with van der Waals surface area (Å²) in [6, 6.07) is 49.5. The molecule has 4 saturated heterocycles. The number of benzene rings is 5. The van der Waals surface area contributed by atoms with Crippen LogP contribution in [0.15, 0.2) is 158 Å². The van der Waals surface area contributed by atoms with Gasteiger partial charge >= 0.3 is 0 Å². The van der Waals surface area contributed by atoms with Crippen LogP contribution in [-0.2, 0) is 85.1 Å². The second kappa shape index (κ2) is 22.2. The van der Waals surface area contributed by atoms with Gasteiger partial charge < -0.3 is 57.2 Å². The van der Waals surface area contributed by atoms with E-state index >= 15 is 0 Å². The molecule has 5 aromatic carbocycles. The lowest BCUT2D eigenvalue weighted by Gasteiger charge is -2.52. The number of fused-ring (bicyclic) bond motifs is 2. The molecular weight excluding hydrogens is 859 g/mol. The molecule has 0 spiro atoms. The standard InChI is InChI=1S/C52H55N3O12/c56-29-40-28-55(54-53-40)26-27-57-51-48(46(59-31-36-18-8-2-9-19-36)44-41(63-51)33-61-50(66-44)39-24-14-5-15-25-39)67-52-47(60-32-37-20-10-3-11-21-37)45(58-30-35-16-6-1-7-17-35)43-42(64-52)34-62-49(65-43)38-22-12-4-13-23-38/h1-25,28,41-52,56H,26-27,29-34H2/t41-,42-,43-,44-,45+,46+,47+,48+,49-,50-,51-,52+/m1/s1. The lowest BCUT2D eigenvalue weighted by atomic mass is 9.95. The van der Waals surface area contributed by atoms with E-state index in [2.05, 4.69) is 10.3 Å². The van der Waals surface area contributed by atoms with Crippen molar-refractivity contribution in [3.8, 4) is 0 Å². The first-order valence-electron chi connectivity index (χ1n) is 22.8. The highest BCUT2D eigenvalue weighted by molar-refractivity contribution is 5.19. The fourth-order valence-electron chi connectivity index (χ4n) is 8.83. The molecule has 1 aromatic heterocycles. The van der Waals surface area contributed by atoms with Gasteiger partial charge in [0.05, 0.1) is 59.0 Å². The van der Waals surface area contributed by atoms with Crippen molar-refractivity contribution in [2.75, 3.05) is 19.8 Å². The monoisotopic (exact) mass is 913 g/mol. The van der Waals surface area contributed by atoms with E-state index in [0.29, 0.717) is 12.2 Å². The van der Waals surface area contributed by atoms with Crippen LogP contribution in [0.5, 0.6) is 0 Å². The molecule has 0 bridgehead atoms. The lowest BCUT2D eigenvalue weighted by molar-refractivity contribution is -0.413. The van der Waals surface area contributed by atoms with Crippen LogP contribution < -0.4 is 0 Å². The molecule has 12 atom stereocenters. The van der Waals surface area contributed by atoms with Gasteiger partial charge in [-0.25, -0.2) is 4.68 Å². The first kappa shape index (κ1) is 45.5. The van der Waals surface area contributed by atoms with Gasteiger partial charge in [-0.15, -0.1) is 5.10 Å². The lowest BCUT2D eigenvalue weighted by Crippen LogP contribution is -2.68. The normalized spacial score (nSPS) is 29.4. The van der Waals surface area contributed by atoms with E-state index in [9.17, 15) is 5.11 Å². The van der Waals surface area contributed by atoms with Gasteiger partial charge in [-0.3, -0.25) is 0 Å². The van der Waals surface area contributed by atoms with Crippen molar-refractivity contribution in [1.29, 1.82) is 0 Å². The molecule has 10 rings (SSSR count). The number of hydrogen-bond donors (Lipinski definition) is 1. The number of hydrogen-bond acceptors (Lipinski definition) is 14. The maximum atomic E-state index is 9.64. The Bertz CT molecular complexity index is 2390.